The minimum atomic E-state index is 0.0523. The molecule has 3 rings (SSSR count). The van der Waals surface area contributed by atoms with Gasteiger partial charge in [0.2, 0.25) is 5.91 Å². The van der Waals surface area contributed by atoms with Gasteiger partial charge in [-0.3, -0.25) is 4.79 Å². The van der Waals surface area contributed by atoms with Gasteiger partial charge in [0.05, 0.1) is 12.0 Å². The van der Waals surface area contributed by atoms with Gasteiger partial charge in [0, 0.05) is 24.4 Å². The number of hydrogen-bond acceptors (Lipinski definition) is 4. The van der Waals surface area contributed by atoms with Crippen molar-refractivity contribution in [1.82, 2.24) is 4.90 Å². The molecule has 126 valence electrons. The van der Waals surface area contributed by atoms with Gasteiger partial charge in [-0.1, -0.05) is 6.07 Å². The number of amides is 1. The highest BCUT2D eigenvalue weighted by Gasteiger charge is 2.33. The molecule has 0 aromatic heterocycles. The van der Waals surface area contributed by atoms with Crippen molar-refractivity contribution in [2.45, 2.75) is 38.3 Å². The molecule has 3 atom stereocenters. The fraction of sp³-hybridized carbons (Fsp3) is 0.611. The number of rotatable bonds is 5. The van der Waals surface area contributed by atoms with Crippen molar-refractivity contribution in [2.24, 2.45) is 5.92 Å². The van der Waals surface area contributed by atoms with Gasteiger partial charge < -0.3 is 19.7 Å². The van der Waals surface area contributed by atoms with Crippen molar-refractivity contribution in [3.63, 3.8) is 0 Å². The number of carbonyl (C=O) groups excluding carboxylic acids is 1. The first kappa shape index (κ1) is 16.3. The van der Waals surface area contributed by atoms with Crippen molar-refractivity contribution in [2.75, 3.05) is 32.1 Å². The number of carbonyl (C=O) groups is 1. The van der Waals surface area contributed by atoms with Gasteiger partial charge in [-0.25, -0.2) is 0 Å². The number of ether oxygens (including phenoxy) is 2. The van der Waals surface area contributed by atoms with E-state index < -0.39 is 0 Å². The van der Waals surface area contributed by atoms with Crippen LogP contribution in [0.25, 0.3) is 0 Å². The Hall–Kier alpha value is -1.59. The number of likely N-dealkylation sites (tertiary alicyclic amines) is 1. The van der Waals surface area contributed by atoms with Crippen LogP contribution in [0.4, 0.5) is 5.69 Å². The van der Waals surface area contributed by atoms with Crippen molar-refractivity contribution >= 4 is 11.6 Å². The van der Waals surface area contributed by atoms with Crippen LogP contribution in [0.1, 0.15) is 26.2 Å². The van der Waals surface area contributed by atoms with E-state index in [1.54, 1.807) is 0 Å². The van der Waals surface area contributed by atoms with Gasteiger partial charge in [-0.05, 0) is 51.9 Å². The molecule has 5 heteroatoms. The fourth-order valence-corrected chi connectivity index (χ4v) is 3.31. The molecule has 1 N–H and O–H groups in total. The van der Waals surface area contributed by atoms with E-state index >= 15 is 0 Å². The highest BCUT2D eigenvalue weighted by Crippen LogP contribution is 2.25. The summed E-state index contributed by atoms with van der Waals surface area (Å²) >= 11 is 0. The van der Waals surface area contributed by atoms with Crippen LogP contribution >= 0.6 is 0 Å². The second kappa shape index (κ2) is 7.32. The average molecular weight is 318 g/mol. The van der Waals surface area contributed by atoms with Crippen LogP contribution in [-0.2, 0) is 9.53 Å². The highest BCUT2D eigenvalue weighted by atomic mass is 16.5. The lowest BCUT2D eigenvalue weighted by Crippen LogP contribution is -2.33. The SMILES string of the molecule is C[C@@H]1[C@H](C(=O)Nc2cccc(OCC3CCCO3)c2)CCN1C. The van der Waals surface area contributed by atoms with Crippen molar-refractivity contribution in [3.8, 4) is 5.75 Å². The molecule has 2 saturated heterocycles. The third kappa shape index (κ3) is 4.03. The zero-order valence-corrected chi connectivity index (χ0v) is 14.0. The Balaban J connectivity index is 1.55. The van der Waals surface area contributed by atoms with Crippen LogP contribution < -0.4 is 10.1 Å². The van der Waals surface area contributed by atoms with Crippen molar-refractivity contribution < 1.29 is 14.3 Å². The molecule has 2 aliphatic heterocycles. The predicted octanol–water partition coefficient (Wildman–Crippen LogP) is 2.52. The molecule has 2 fully saturated rings. The second-order valence-electron chi connectivity index (χ2n) is 6.58. The van der Waals surface area contributed by atoms with Crippen LogP contribution in [0, 0.1) is 5.92 Å². The van der Waals surface area contributed by atoms with Crippen LogP contribution in [0.5, 0.6) is 5.75 Å². The molecule has 0 saturated carbocycles. The zero-order chi connectivity index (χ0) is 16.2. The maximum absolute atomic E-state index is 12.5. The van der Waals surface area contributed by atoms with Gasteiger partial charge in [-0.2, -0.15) is 0 Å². The summed E-state index contributed by atoms with van der Waals surface area (Å²) in [4.78, 5) is 14.7. The first-order valence-electron chi connectivity index (χ1n) is 8.49. The Morgan fingerprint density at radius 1 is 1.43 bits per heavy atom. The topological polar surface area (TPSA) is 50.8 Å². The molecule has 0 bridgehead atoms. The van der Waals surface area contributed by atoms with Crippen LogP contribution in [-0.4, -0.2) is 49.8 Å². The molecule has 0 spiro atoms. The summed E-state index contributed by atoms with van der Waals surface area (Å²) in [6.07, 6.45) is 3.28. The molecular formula is C18H26N2O3. The summed E-state index contributed by atoms with van der Waals surface area (Å²) in [5, 5.41) is 3.03. The monoisotopic (exact) mass is 318 g/mol. The van der Waals surface area contributed by atoms with E-state index in [2.05, 4.69) is 24.2 Å². The fourth-order valence-electron chi connectivity index (χ4n) is 3.31. The Labute approximate surface area is 137 Å². The Morgan fingerprint density at radius 2 is 2.30 bits per heavy atom. The lowest BCUT2D eigenvalue weighted by molar-refractivity contribution is -0.120. The first-order valence-corrected chi connectivity index (χ1v) is 8.49. The second-order valence-corrected chi connectivity index (χ2v) is 6.58. The smallest absolute Gasteiger partial charge is 0.229 e. The minimum Gasteiger partial charge on any atom is -0.491 e. The minimum absolute atomic E-state index is 0.0523. The summed E-state index contributed by atoms with van der Waals surface area (Å²) < 4.78 is 11.4. The highest BCUT2D eigenvalue weighted by molar-refractivity contribution is 5.93. The molecule has 0 radical (unpaired) electrons. The quantitative estimate of drug-likeness (QED) is 0.906. The first-order chi connectivity index (χ1) is 11.1. The molecule has 1 aromatic carbocycles. The molecule has 0 aliphatic carbocycles. The number of anilines is 1. The van der Waals surface area contributed by atoms with Gasteiger partial charge in [0.25, 0.3) is 0 Å². The van der Waals surface area contributed by atoms with E-state index in [1.807, 2.05) is 24.3 Å². The maximum atomic E-state index is 12.5. The molecule has 5 nitrogen and oxygen atoms in total. The predicted molar refractivity (Wildman–Crippen MR) is 89.7 cm³/mol. The summed E-state index contributed by atoms with van der Waals surface area (Å²) in [6.45, 7) is 4.49. The molecule has 1 unspecified atom stereocenters. The number of nitrogens with zero attached hydrogens (tertiary/aromatic N) is 1. The number of nitrogens with one attached hydrogen (secondary N) is 1. The summed E-state index contributed by atoms with van der Waals surface area (Å²) in [7, 11) is 2.07. The van der Waals surface area contributed by atoms with Crippen molar-refractivity contribution in [1.29, 1.82) is 0 Å². The zero-order valence-electron chi connectivity index (χ0n) is 14.0. The largest absolute Gasteiger partial charge is 0.491 e. The van der Waals surface area contributed by atoms with Gasteiger partial charge >= 0.3 is 0 Å². The lowest BCUT2D eigenvalue weighted by atomic mass is 10.0. The van der Waals surface area contributed by atoms with E-state index in [4.69, 9.17) is 9.47 Å². The third-order valence-electron chi connectivity index (χ3n) is 4.97. The normalized spacial score (nSPS) is 28.0. The van der Waals surface area contributed by atoms with Gasteiger partial charge in [-0.15, -0.1) is 0 Å². The van der Waals surface area contributed by atoms with Crippen molar-refractivity contribution in [3.05, 3.63) is 24.3 Å². The Bertz CT molecular complexity index is 543. The summed E-state index contributed by atoms with van der Waals surface area (Å²) in [6, 6.07) is 7.89. The van der Waals surface area contributed by atoms with Crippen LogP contribution in [0.2, 0.25) is 0 Å². The Morgan fingerprint density at radius 3 is 3.00 bits per heavy atom. The maximum Gasteiger partial charge on any atom is 0.229 e. The molecule has 1 aromatic rings. The summed E-state index contributed by atoms with van der Waals surface area (Å²) in [5.74, 6) is 0.921. The summed E-state index contributed by atoms with van der Waals surface area (Å²) in [5.41, 5.74) is 0.793. The average Bonchev–Trinajstić information content (AvgIpc) is 3.17. The third-order valence-corrected chi connectivity index (χ3v) is 4.97. The Kier molecular flexibility index (Phi) is 5.18. The molecule has 23 heavy (non-hydrogen) atoms. The van der Waals surface area contributed by atoms with Crippen LogP contribution in [0.15, 0.2) is 24.3 Å². The number of hydrogen-bond donors (Lipinski definition) is 1. The molecular weight excluding hydrogens is 292 g/mol. The standard InChI is InChI=1S/C18H26N2O3/c1-13-17(8-9-20(13)2)18(21)19-14-5-3-6-15(11-14)23-12-16-7-4-10-22-16/h3,5-6,11,13,16-17H,4,7-10,12H2,1-2H3,(H,19,21)/t13-,16?,17-/m1/s1. The van der Waals surface area contributed by atoms with Gasteiger partial charge in [0.1, 0.15) is 12.4 Å². The van der Waals surface area contributed by atoms with Gasteiger partial charge in [0.15, 0.2) is 0 Å². The number of benzene rings is 1. The molecule has 2 heterocycles. The molecule has 1 amide bonds. The lowest BCUT2D eigenvalue weighted by Gasteiger charge is -2.20. The molecule has 2 aliphatic rings. The van der Waals surface area contributed by atoms with E-state index in [-0.39, 0.29) is 24.0 Å². The van der Waals surface area contributed by atoms with E-state index in [0.717, 1.165) is 43.9 Å². The van der Waals surface area contributed by atoms with E-state index in [9.17, 15) is 4.79 Å². The van der Waals surface area contributed by atoms with E-state index in [0.29, 0.717) is 6.61 Å². The van der Waals surface area contributed by atoms with Crippen LogP contribution in [0.3, 0.4) is 0 Å². The van der Waals surface area contributed by atoms with E-state index in [1.165, 1.54) is 0 Å².